The molecule has 0 aromatic heterocycles. The molecule has 0 saturated heterocycles. The van der Waals surface area contributed by atoms with Crippen molar-refractivity contribution in [3.8, 4) is 5.75 Å². The summed E-state index contributed by atoms with van der Waals surface area (Å²) in [6, 6.07) is 6.01. The van der Waals surface area contributed by atoms with Crippen LogP contribution in [0, 0.1) is 0 Å². The zero-order valence-corrected chi connectivity index (χ0v) is 13.2. The third kappa shape index (κ3) is 5.20. The number of nitrogens with zero attached hydrogens (tertiary/aromatic N) is 1. The van der Waals surface area contributed by atoms with Gasteiger partial charge in [0.2, 0.25) is 0 Å². The summed E-state index contributed by atoms with van der Waals surface area (Å²) >= 11 is 3.47. The van der Waals surface area contributed by atoms with E-state index in [1.807, 2.05) is 18.2 Å². The van der Waals surface area contributed by atoms with E-state index in [1.165, 1.54) is 12.7 Å². The van der Waals surface area contributed by atoms with Crippen LogP contribution in [0.2, 0.25) is 0 Å². The van der Waals surface area contributed by atoms with Crippen molar-refractivity contribution in [3.63, 3.8) is 0 Å². The van der Waals surface area contributed by atoms with Crippen LogP contribution in [0.15, 0.2) is 22.7 Å². The van der Waals surface area contributed by atoms with Gasteiger partial charge in [0, 0.05) is 13.1 Å². The number of halogens is 1. The molecule has 1 aromatic carbocycles. The molecule has 0 amide bonds. The summed E-state index contributed by atoms with van der Waals surface area (Å²) in [6.45, 7) is 4.47. The first-order valence-electron chi connectivity index (χ1n) is 6.22. The number of carbonyl (C=O) groups is 1. The number of rotatable bonds is 7. The van der Waals surface area contributed by atoms with E-state index in [-0.39, 0.29) is 5.97 Å². The zero-order chi connectivity index (χ0) is 14.3. The standard InChI is InChI=1S/C14H20BrNO3/c1-4-16(8-7-14(17)19-3)10-11-5-6-13(18-2)12(15)9-11/h5-6,9H,4,7-8,10H2,1-3H3. The Morgan fingerprint density at radius 2 is 2.11 bits per heavy atom. The van der Waals surface area contributed by atoms with Crippen LogP contribution < -0.4 is 4.74 Å². The second-order valence-corrected chi connectivity index (χ2v) is 5.02. The van der Waals surface area contributed by atoms with Crippen molar-refractivity contribution in [1.29, 1.82) is 0 Å². The Balaban J connectivity index is 2.60. The minimum atomic E-state index is -0.172. The third-order valence-corrected chi connectivity index (χ3v) is 3.55. The number of methoxy groups -OCH3 is 2. The van der Waals surface area contributed by atoms with Gasteiger partial charge in [-0.2, -0.15) is 0 Å². The molecule has 0 radical (unpaired) electrons. The Morgan fingerprint density at radius 3 is 2.63 bits per heavy atom. The van der Waals surface area contributed by atoms with Gasteiger partial charge >= 0.3 is 5.97 Å². The molecule has 0 unspecified atom stereocenters. The maximum absolute atomic E-state index is 11.1. The molecule has 0 N–H and O–H groups in total. The Labute approximate surface area is 122 Å². The molecule has 0 spiro atoms. The number of esters is 1. The van der Waals surface area contributed by atoms with Gasteiger partial charge in [0.05, 0.1) is 25.1 Å². The Bertz CT molecular complexity index is 423. The zero-order valence-electron chi connectivity index (χ0n) is 11.6. The van der Waals surface area contributed by atoms with Crippen LogP contribution >= 0.6 is 15.9 Å². The van der Waals surface area contributed by atoms with E-state index in [0.29, 0.717) is 13.0 Å². The minimum absolute atomic E-state index is 0.172. The maximum atomic E-state index is 11.1. The molecule has 0 atom stereocenters. The van der Waals surface area contributed by atoms with Crippen molar-refractivity contribution in [3.05, 3.63) is 28.2 Å². The lowest BCUT2D eigenvalue weighted by molar-refractivity contribution is -0.141. The summed E-state index contributed by atoms with van der Waals surface area (Å²) in [5.41, 5.74) is 1.18. The van der Waals surface area contributed by atoms with Crippen molar-refractivity contribution >= 4 is 21.9 Å². The molecular weight excluding hydrogens is 310 g/mol. The van der Waals surface area contributed by atoms with E-state index in [9.17, 15) is 4.79 Å². The van der Waals surface area contributed by atoms with Crippen molar-refractivity contribution in [2.45, 2.75) is 19.9 Å². The van der Waals surface area contributed by atoms with E-state index < -0.39 is 0 Å². The Kier molecular flexibility index (Phi) is 6.87. The fourth-order valence-corrected chi connectivity index (χ4v) is 2.35. The first-order chi connectivity index (χ1) is 9.10. The van der Waals surface area contributed by atoms with Gasteiger partial charge in [-0.25, -0.2) is 0 Å². The average Bonchev–Trinajstić information content (AvgIpc) is 2.43. The van der Waals surface area contributed by atoms with Crippen molar-refractivity contribution in [2.24, 2.45) is 0 Å². The highest BCUT2D eigenvalue weighted by molar-refractivity contribution is 9.10. The normalized spacial score (nSPS) is 10.6. The van der Waals surface area contributed by atoms with Crippen LogP contribution in [0.4, 0.5) is 0 Å². The number of carbonyl (C=O) groups excluding carboxylic acids is 1. The monoisotopic (exact) mass is 329 g/mol. The van der Waals surface area contributed by atoms with Crippen LogP contribution in [0.5, 0.6) is 5.75 Å². The molecule has 5 heteroatoms. The second kappa shape index (κ2) is 8.17. The summed E-state index contributed by atoms with van der Waals surface area (Å²) < 4.78 is 10.8. The predicted molar refractivity (Wildman–Crippen MR) is 78.3 cm³/mol. The van der Waals surface area contributed by atoms with E-state index in [2.05, 4.69) is 32.5 Å². The van der Waals surface area contributed by atoms with Gasteiger partial charge in [-0.3, -0.25) is 9.69 Å². The summed E-state index contributed by atoms with van der Waals surface area (Å²) in [5, 5.41) is 0. The van der Waals surface area contributed by atoms with Gasteiger partial charge in [-0.1, -0.05) is 13.0 Å². The molecule has 4 nitrogen and oxygen atoms in total. The summed E-state index contributed by atoms with van der Waals surface area (Å²) in [4.78, 5) is 13.3. The molecule has 0 bridgehead atoms. The number of hydrogen-bond acceptors (Lipinski definition) is 4. The van der Waals surface area contributed by atoms with Gasteiger partial charge < -0.3 is 9.47 Å². The smallest absolute Gasteiger partial charge is 0.306 e. The first kappa shape index (κ1) is 16.0. The maximum Gasteiger partial charge on any atom is 0.306 e. The third-order valence-electron chi connectivity index (χ3n) is 2.93. The fourth-order valence-electron chi connectivity index (χ4n) is 1.77. The van der Waals surface area contributed by atoms with Crippen molar-refractivity contribution < 1.29 is 14.3 Å². The minimum Gasteiger partial charge on any atom is -0.496 e. The van der Waals surface area contributed by atoms with Gasteiger partial charge in [0.15, 0.2) is 0 Å². The molecular formula is C14H20BrNO3. The predicted octanol–water partition coefficient (Wildman–Crippen LogP) is 2.84. The molecule has 106 valence electrons. The van der Waals surface area contributed by atoms with Crippen LogP contribution in [0.25, 0.3) is 0 Å². The molecule has 0 aliphatic rings. The average molecular weight is 330 g/mol. The van der Waals surface area contributed by atoms with Gasteiger partial charge in [-0.05, 0) is 40.2 Å². The summed E-state index contributed by atoms with van der Waals surface area (Å²) in [6.07, 6.45) is 0.418. The van der Waals surface area contributed by atoms with Gasteiger partial charge in [-0.15, -0.1) is 0 Å². The van der Waals surface area contributed by atoms with E-state index in [1.54, 1.807) is 7.11 Å². The van der Waals surface area contributed by atoms with E-state index in [4.69, 9.17) is 4.74 Å². The molecule has 0 heterocycles. The summed E-state index contributed by atoms with van der Waals surface area (Å²) in [5.74, 6) is 0.649. The second-order valence-electron chi connectivity index (χ2n) is 4.16. The van der Waals surface area contributed by atoms with Crippen molar-refractivity contribution in [1.82, 2.24) is 4.90 Å². The van der Waals surface area contributed by atoms with Crippen LogP contribution in [0.3, 0.4) is 0 Å². The molecule has 19 heavy (non-hydrogen) atoms. The Morgan fingerprint density at radius 1 is 1.37 bits per heavy atom. The van der Waals surface area contributed by atoms with Gasteiger partial charge in [0.25, 0.3) is 0 Å². The molecule has 1 aromatic rings. The van der Waals surface area contributed by atoms with E-state index in [0.717, 1.165) is 23.3 Å². The van der Waals surface area contributed by atoms with Crippen molar-refractivity contribution in [2.75, 3.05) is 27.3 Å². The summed E-state index contributed by atoms with van der Waals surface area (Å²) in [7, 11) is 3.06. The highest BCUT2D eigenvalue weighted by Crippen LogP contribution is 2.26. The highest BCUT2D eigenvalue weighted by Gasteiger charge is 2.09. The number of benzene rings is 1. The molecule has 0 aliphatic carbocycles. The van der Waals surface area contributed by atoms with Crippen LogP contribution in [-0.2, 0) is 16.1 Å². The fraction of sp³-hybridized carbons (Fsp3) is 0.500. The van der Waals surface area contributed by atoms with Crippen LogP contribution in [-0.4, -0.2) is 38.2 Å². The van der Waals surface area contributed by atoms with Gasteiger partial charge in [0.1, 0.15) is 5.75 Å². The Hall–Kier alpha value is -1.07. The lowest BCUT2D eigenvalue weighted by Gasteiger charge is -2.20. The van der Waals surface area contributed by atoms with Crippen LogP contribution in [0.1, 0.15) is 18.9 Å². The SMILES string of the molecule is CCN(CCC(=O)OC)Cc1ccc(OC)c(Br)c1. The highest BCUT2D eigenvalue weighted by atomic mass is 79.9. The number of hydrogen-bond donors (Lipinski definition) is 0. The number of ether oxygens (including phenoxy) is 2. The molecule has 1 rings (SSSR count). The largest absolute Gasteiger partial charge is 0.496 e. The lowest BCUT2D eigenvalue weighted by atomic mass is 10.2. The van der Waals surface area contributed by atoms with E-state index >= 15 is 0 Å². The molecule has 0 fully saturated rings. The molecule has 0 aliphatic heterocycles. The first-order valence-corrected chi connectivity index (χ1v) is 7.01. The quantitative estimate of drug-likeness (QED) is 0.721. The lowest BCUT2D eigenvalue weighted by Crippen LogP contribution is -2.26. The molecule has 0 saturated carbocycles. The topological polar surface area (TPSA) is 38.8 Å².